The van der Waals surface area contributed by atoms with Gasteiger partial charge in [0.1, 0.15) is 5.52 Å². The van der Waals surface area contributed by atoms with Gasteiger partial charge in [-0.2, -0.15) is 0 Å². The third-order valence-electron chi connectivity index (χ3n) is 4.35. The van der Waals surface area contributed by atoms with E-state index < -0.39 is 0 Å². The van der Waals surface area contributed by atoms with E-state index in [0.29, 0.717) is 28.2 Å². The molecular formula is C22H15BrIN3O2S. The predicted molar refractivity (Wildman–Crippen MR) is 135 cm³/mol. The Kier molecular flexibility index (Phi) is 6.16. The van der Waals surface area contributed by atoms with Crippen LogP contribution in [0.1, 0.15) is 15.9 Å². The number of carbonyl (C=O) groups excluding carboxylic acids is 1. The number of nitrogens with zero attached hydrogens (tertiary/aromatic N) is 1. The van der Waals surface area contributed by atoms with Crippen LogP contribution in [-0.4, -0.2) is 16.0 Å². The van der Waals surface area contributed by atoms with E-state index in [-0.39, 0.29) is 11.0 Å². The van der Waals surface area contributed by atoms with Gasteiger partial charge in [0.05, 0.1) is 5.56 Å². The van der Waals surface area contributed by atoms with E-state index in [1.54, 1.807) is 12.1 Å². The highest BCUT2D eigenvalue weighted by atomic mass is 127. The highest BCUT2D eigenvalue weighted by Crippen LogP contribution is 2.32. The molecule has 30 heavy (non-hydrogen) atoms. The van der Waals surface area contributed by atoms with Crippen molar-refractivity contribution in [2.75, 3.05) is 5.32 Å². The quantitative estimate of drug-likeness (QED) is 0.216. The lowest BCUT2D eigenvalue weighted by atomic mass is 10.1. The Morgan fingerprint density at radius 2 is 1.87 bits per heavy atom. The maximum Gasteiger partial charge on any atom is 0.257 e. The fourth-order valence-corrected chi connectivity index (χ4v) is 3.94. The first kappa shape index (κ1) is 21.0. The van der Waals surface area contributed by atoms with Crippen LogP contribution in [0.25, 0.3) is 22.6 Å². The SMILES string of the molecule is Cc1ccc(C(=O)NC(=S)Nc2ccc3oc(-c4cc(I)ccc4Br)nc3c2)cc1. The smallest absolute Gasteiger partial charge is 0.257 e. The maximum atomic E-state index is 12.3. The van der Waals surface area contributed by atoms with Crippen molar-refractivity contribution in [1.82, 2.24) is 10.3 Å². The van der Waals surface area contributed by atoms with Crippen molar-refractivity contribution in [3.63, 3.8) is 0 Å². The minimum Gasteiger partial charge on any atom is -0.436 e. The van der Waals surface area contributed by atoms with Gasteiger partial charge in [0.25, 0.3) is 5.91 Å². The number of fused-ring (bicyclic) bond motifs is 1. The Bertz CT molecular complexity index is 1270. The number of hydrogen-bond donors (Lipinski definition) is 2. The van der Waals surface area contributed by atoms with Crippen LogP contribution in [0.5, 0.6) is 0 Å². The largest absolute Gasteiger partial charge is 0.436 e. The van der Waals surface area contributed by atoms with Crippen LogP contribution in [-0.2, 0) is 0 Å². The molecule has 1 amide bonds. The molecule has 0 aliphatic carbocycles. The normalized spacial score (nSPS) is 10.8. The Morgan fingerprint density at radius 3 is 2.63 bits per heavy atom. The summed E-state index contributed by atoms with van der Waals surface area (Å²) in [5, 5.41) is 5.92. The van der Waals surface area contributed by atoms with Crippen LogP contribution >= 0.6 is 50.7 Å². The molecule has 1 aromatic heterocycles. The van der Waals surface area contributed by atoms with Crippen LogP contribution in [0, 0.1) is 10.5 Å². The van der Waals surface area contributed by atoms with Crippen molar-refractivity contribution >= 4 is 78.5 Å². The van der Waals surface area contributed by atoms with E-state index in [1.165, 1.54) is 0 Å². The molecule has 4 aromatic rings. The molecule has 8 heteroatoms. The monoisotopic (exact) mass is 591 g/mol. The molecule has 5 nitrogen and oxygen atoms in total. The van der Waals surface area contributed by atoms with Crippen LogP contribution in [0.3, 0.4) is 0 Å². The van der Waals surface area contributed by atoms with Crippen LogP contribution in [0.4, 0.5) is 5.69 Å². The number of thiocarbonyl (C=S) groups is 1. The molecule has 1 heterocycles. The molecule has 0 aliphatic heterocycles. The lowest BCUT2D eigenvalue weighted by molar-refractivity contribution is 0.0977. The number of aryl methyl sites for hydroxylation is 1. The summed E-state index contributed by atoms with van der Waals surface area (Å²) in [5.41, 5.74) is 4.57. The predicted octanol–water partition coefficient (Wildman–Crippen LogP) is 6.30. The van der Waals surface area contributed by atoms with Gasteiger partial charge < -0.3 is 9.73 Å². The number of halogens is 2. The summed E-state index contributed by atoms with van der Waals surface area (Å²) >= 11 is 11.1. The van der Waals surface area contributed by atoms with Crippen LogP contribution < -0.4 is 10.6 Å². The molecule has 0 unspecified atom stereocenters. The summed E-state index contributed by atoms with van der Waals surface area (Å²) in [6.45, 7) is 1.97. The summed E-state index contributed by atoms with van der Waals surface area (Å²) in [5.74, 6) is 0.267. The zero-order valence-electron chi connectivity index (χ0n) is 15.7. The number of carbonyl (C=O) groups is 1. The van der Waals surface area contributed by atoms with Gasteiger partial charge in [0.2, 0.25) is 5.89 Å². The standard InChI is InChI=1S/C22H15BrIN3O2S/c1-12-2-4-13(5-3-12)20(28)27-22(30)25-15-7-9-19-18(11-15)26-21(29-19)16-10-14(24)6-8-17(16)23/h2-11H,1H3,(H2,25,27,28,30). The van der Waals surface area contributed by atoms with Gasteiger partial charge in [-0.25, -0.2) is 4.98 Å². The first-order valence-corrected chi connectivity index (χ1v) is 11.2. The number of rotatable bonds is 3. The molecule has 2 N–H and O–H groups in total. The summed E-state index contributed by atoms with van der Waals surface area (Å²) in [7, 11) is 0. The number of aromatic nitrogens is 1. The van der Waals surface area contributed by atoms with Crippen molar-refractivity contribution < 1.29 is 9.21 Å². The molecule has 0 radical (unpaired) electrons. The molecule has 0 saturated heterocycles. The number of oxazole rings is 1. The molecule has 0 aliphatic rings. The number of amides is 1. The van der Waals surface area contributed by atoms with E-state index in [1.807, 2.05) is 55.5 Å². The molecule has 3 aromatic carbocycles. The van der Waals surface area contributed by atoms with Gasteiger partial charge in [0, 0.05) is 19.3 Å². The number of nitrogens with one attached hydrogen (secondary N) is 2. The topological polar surface area (TPSA) is 67.2 Å². The summed E-state index contributed by atoms with van der Waals surface area (Å²) < 4.78 is 7.91. The molecule has 150 valence electrons. The zero-order chi connectivity index (χ0) is 21.3. The second kappa shape index (κ2) is 8.83. The van der Waals surface area contributed by atoms with E-state index >= 15 is 0 Å². The Labute approximate surface area is 200 Å². The molecule has 4 rings (SSSR count). The highest BCUT2D eigenvalue weighted by Gasteiger charge is 2.13. The summed E-state index contributed by atoms with van der Waals surface area (Å²) in [4.78, 5) is 16.9. The summed E-state index contributed by atoms with van der Waals surface area (Å²) in [6, 6.07) is 18.7. The molecule has 0 atom stereocenters. The second-order valence-corrected chi connectivity index (χ2v) is 9.11. The number of benzene rings is 3. The lowest BCUT2D eigenvalue weighted by Gasteiger charge is -2.09. The fourth-order valence-electron chi connectivity index (χ4n) is 2.82. The van der Waals surface area contributed by atoms with Gasteiger partial charge >= 0.3 is 0 Å². The average molecular weight is 592 g/mol. The van der Waals surface area contributed by atoms with E-state index in [4.69, 9.17) is 16.6 Å². The third kappa shape index (κ3) is 4.71. The lowest BCUT2D eigenvalue weighted by Crippen LogP contribution is -2.34. The van der Waals surface area contributed by atoms with Crippen LogP contribution in [0.15, 0.2) is 69.6 Å². The van der Waals surface area contributed by atoms with Crippen molar-refractivity contribution in [2.45, 2.75) is 6.92 Å². The molecular weight excluding hydrogens is 577 g/mol. The number of anilines is 1. The van der Waals surface area contributed by atoms with Crippen LogP contribution in [0.2, 0.25) is 0 Å². The van der Waals surface area contributed by atoms with Gasteiger partial charge in [0.15, 0.2) is 10.7 Å². The Morgan fingerprint density at radius 1 is 1.10 bits per heavy atom. The Balaban J connectivity index is 1.51. The minimum atomic E-state index is -0.263. The molecule has 0 fully saturated rings. The second-order valence-electron chi connectivity index (χ2n) is 6.60. The van der Waals surface area contributed by atoms with Crippen molar-refractivity contribution in [1.29, 1.82) is 0 Å². The van der Waals surface area contributed by atoms with Gasteiger partial charge in [-0.15, -0.1) is 0 Å². The van der Waals surface area contributed by atoms with E-state index in [9.17, 15) is 4.79 Å². The first-order valence-electron chi connectivity index (χ1n) is 8.94. The molecule has 0 bridgehead atoms. The number of hydrogen-bond acceptors (Lipinski definition) is 4. The van der Waals surface area contributed by atoms with E-state index in [0.717, 1.165) is 19.2 Å². The zero-order valence-corrected chi connectivity index (χ0v) is 20.3. The van der Waals surface area contributed by atoms with Crippen molar-refractivity contribution in [2.24, 2.45) is 0 Å². The van der Waals surface area contributed by atoms with Crippen molar-refractivity contribution in [3.8, 4) is 11.5 Å². The summed E-state index contributed by atoms with van der Waals surface area (Å²) in [6.07, 6.45) is 0. The minimum absolute atomic E-state index is 0.212. The Hall–Kier alpha value is -2.30. The van der Waals surface area contributed by atoms with Gasteiger partial charge in [-0.1, -0.05) is 17.7 Å². The van der Waals surface area contributed by atoms with Gasteiger partial charge in [-0.3, -0.25) is 10.1 Å². The third-order valence-corrected chi connectivity index (χ3v) is 5.91. The van der Waals surface area contributed by atoms with Gasteiger partial charge in [-0.05, 0) is 106 Å². The average Bonchev–Trinajstić information content (AvgIpc) is 3.13. The molecule has 0 spiro atoms. The maximum absolute atomic E-state index is 12.3. The van der Waals surface area contributed by atoms with Crippen molar-refractivity contribution in [3.05, 3.63) is 79.8 Å². The van der Waals surface area contributed by atoms with E-state index in [2.05, 4.69) is 54.1 Å². The first-order chi connectivity index (χ1) is 14.4. The fraction of sp³-hybridized carbons (Fsp3) is 0.0455. The molecule has 0 saturated carbocycles. The highest BCUT2D eigenvalue weighted by molar-refractivity contribution is 14.1.